The molecule has 0 radical (unpaired) electrons. The average Bonchev–Trinajstić information content (AvgIpc) is 1.31. The fraction of sp³-hybridized carbons (Fsp3) is 0.233. The first-order valence-electron chi connectivity index (χ1n) is 34.2. The molecule has 94 heavy (non-hydrogen) atoms. The van der Waals surface area contributed by atoms with Crippen LogP contribution in [-0.4, -0.2) is 87.0 Å². The third-order valence-electron chi connectivity index (χ3n) is 20.0. The summed E-state index contributed by atoms with van der Waals surface area (Å²) in [4.78, 5) is 4.66. The quantitative estimate of drug-likeness (QED) is 0.0456. The molecule has 0 aliphatic rings. The Hall–Kier alpha value is -4.50. The van der Waals surface area contributed by atoms with Crippen molar-refractivity contribution >= 4 is 274 Å². The van der Waals surface area contributed by atoms with Gasteiger partial charge in [-0.1, -0.05) is 0 Å². The van der Waals surface area contributed by atoms with E-state index in [1.807, 2.05) is 0 Å². The summed E-state index contributed by atoms with van der Waals surface area (Å²) in [6.07, 6.45) is 25.0. The second-order valence-electron chi connectivity index (χ2n) is 25.9. The van der Waals surface area contributed by atoms with Crippen molar-refractivity contribution in [3.8, 4) is 0 Å². The Labute approximate surface area is 603 Å². The molecule has 6 heterocycles. The molecule has 0 saturated heterocycles. The number of aryl methyl sites for hydroxylation is 2. The van der Waals surface area contributed by atoms with Gasteiger partial charge < -0.3 is 0 Å². The topological polar surface area (TPSA) is 0 Å². The Morgan fingerprint density at radius 1 is 0.213 bits per heavy atom. The number of fused-ring (bicyclic) bond motifs is 27. The van der Waals surface area contributed by atoms with Gasteiger partial charge in [0.1, 0.15) is 0 Å². The number of rotatable bonds is 18. The molecule has 18 aromatic rings. The summed E-state index contributed by atoms with van der Waals surface area (Å²) in [5.74, 6) is 0. The molecule has 0 spiro atoms. The van der Waals surface area contributed by atoms with Gasteiger partial charge in [-0.05, 0) is 0 Å². The van der Waals surface area contributed by atoms with Crippen LogP contribution in [0.2, 0.25) is 0 Å². The summed E-state index contributed by atoms with van der Waals surface area (Å²) >= 11 is 10.3. The standard InChI is InChI=1S/C42H52Se2.C22H10Br2Se2.C22H12Se2/c1-3-5-7-9-11-13-15-17-19-31-29-39-37-23-21-34-33(35(37)25-27-41(39)43-31)22-24-38-36(34)26-28-42-40(38)30-32(44-42)20-18-16-14-12-10-8-6-4-2;23-21-9-17-15-3-1-11-12(14(15)6-8-19(17)25-21)2-4-16-13(11)5-7-20-18(16)10-22(24)26-20;1-3-17-16(6-8-21-19(17)9-11-23-21)14-2-4-18-15(13(1)14)5-7-22-20(18)10-12-24-22/h21-30H,3-20H2,1-2H3;1-10H;1-12H. The summed E-state index contributed by atoms with van der Waals surface area (Å²) in [6, 6.07) is 71.0. The van der Waals surface area contributed by atoms with E-state index in [0.29, 0.717) is 87.0 Å². The van der Waals surface area contributed by atoms with E-state index in [9.17, 15) is 0 Å². The Morgan fingerprint density at radius 3 is 0.734 bits per heavy atom. The van der Waals surface area contributed by atoms with Gasteiger partial charge >= 0.3 is 611 Å². The Morgan fingerprint density at radius 2 is 0.436 bits per heavy atom. The van der Waals surface area contributed by atoms with Crippen LogP contribution in [0.3, 0.4) is 0 Å². The molecule has 12 aromatic carbocycles. The van der Waals surface area contributed by atoms with Crippen LogP contribution in [0.25, 0.3) is 155 Å². The molecule has 0 unspecified atom stereocenters. The van der Waals surface area contributed by atoms with Crippen LogP contribution in [0.4, 0.5) is 0 Å². The van der Waals surface area contributed by atoms with Crippen molar-refractivity contribution in [3.05, 3.63) is 207 Å². The zero-order chi connectivity index (χ0) is 63.2. The fourth-order valence-corrected chi connectivity index (χ4v) is 29.0. The molecule has 0 fully saturated rings. The summed E-state index contributed by atoms with van der Waals surface area (Å²) in [5.41, 5.74) is 0. The van der Waals surface area contributed by atoms with Crippen molar-refractivity contribution in [1.82, 2.24) is 0 Å². The predicted octanol–water partition coefficient (Wildman–Crippen LogP) is 25.6. The monoisotopic (exact) mass is 1740 g/mol. The number of hydrogen-bond donors (Lipinski definition) is 0. The maximum atomic E-state index is 3.70. The van der Waals surface area contributed by atoms with Crippen LogP contribution < -0.4 is 0 Å². The average molecular weight is 1740 g/mol. The molecule has 0 aliphatic heterocycles. The van der Waals surface area contributed by atoms with Crippen molar-refractivity contribution in [2.75, 3.05) is 0 Å². The van der Waals surface area contributed by atoms with Crippen molar-refractivity contribution in [1.29, 1.82) is 0 Å². The number of hydrogen-bond acceptors (Lipinski definition) is 0. The third kappa shape index (κ3) is 12.6. The van der Waals surface area contributed by atoms with Crippen LogP contribution in [-0.2, 0) is 12.8 Å². The number of halogens is 2. The Balaban J connectivity index is 0.000000119. The van der Waals surface area contributed by atoms with Gasteiger partial charge in [0.2, 0.25) is 0 Å². The second-order valence-corrected chi connectivity index (χ2v) is 43.4. The van der Waals surface area contributed by atoms with Gasteiger partial charge in [-0.2, -0.15) is 0 Å². The zero-order valence-electron chi connectivity index (χ0n) is 53.4. The van der Waals surface area contributed by atoms with E-state index in [4.69, 9.17) is 0 Å². The molecule has 0 atom stereocenters. The molecule has 0 nitrogen and oxygen atoms in total. The van der Waals surface area contributed by atoms with E-state index in [2.05, 4.69) is 238 Å². The zero-order valence-corrected chi connectivity index (χ0v) is 66.9. The van der Waals surface area contributed by atoms with E-state index in [-0.39, 0.29) is 0 Å². The van der Waals surface area contributed by atoms with Crippen LogP contribution >= 0.6 is 31.9 Å². The maximum absolute atomic E-state index is 3.70. The van der Waals surface area contributed by atoms with Crippen molar-refractivity contribution < 1.29 is 0 Å². The Kier molecular flexibility index (Phi) is 19.6. The third-order valence-corrected chi connectivity index (χ3v) is 34.5. The fourth-order valence-electron chi connectivity index (χ4n) is 15.3. The van der Waals surface area contributed by atoms with E-state index in [0.717, 1.165) is 0 Å². The van der Waals surface area contributed by atoms with Gasteiger partial charge in [0.15, 0.2) is 0 Å². The molecule has 0 amide bonds. The first-order valence-corrected chi connectivity index (χ1v) is 46.4. The van der Waals surface area contributed by atoms with Crippen molar-refractivity contribution in [2.45, 2.75) is 129 Å². The van der Waals surface area contributed by atoms with Gasteiger partial charge in [-0.3, -0.25) is 0 Å². The second kappa shape index (κ2) is 28.8. The van der Waals surface area contributed by atoms with Crippen LogP contribution in [0.15, 0.2) is 199 Å². The molecule has 468 valence electrons. The normalized spacial score (nSPS) is 12.2. The summed E-state index contributed by atoms with van der Waals surface area (Å²) < 4.78 is 15.2. The van der Waals surface area contributed by atoms with Gasteiger partial charge in [-0.15, -0.1) is 0 Å². The number of benzene rings is 12. The first kappa shape index (κ1) is 64.2. The van der Waals surface area contributed by atoms with Crippen LogP contribution in [0, 0.1) is 0 Å². The summed E-state index contributed by atoms with van der Waals surface area (Å²) in [6.45, 7) is 4.61. The summed E-state index contributed by atoms with van der Waals surface area (Å²) in [7, 11) is 0. The van der Waals surface area contributed by atoms with Gasteiger partial charge in [0.25, 0.3) is 0 Å². The number of unbranched alkanes of at least 4 members (excludes halogenated alkanes) is 14. The van der Waals surface area contributed by atoms with Gasteiger partial charge in [0, 0.05) is 0 Å². The molecule has 18 rings (SSSR count). The van der Waals surface area contributed by atoms with Gasteiger partial charge in [0.05, 0.1) is 0 Å². The van der Waals surface area contributed by atoms with E-state index >= 15 is 0 Å². The van der Waals surface area contributed by atoms with Crippen molar-refractivity contribution in [3.63, 3.8) is 0 Å². The van der Waals surface area contributed by atoms with Crippen molar-refractivity contribution in [2.24, 2.45) is 0 Å². The van der Waals surface area contributed by atoms with E-state index < -0.39 is 0 Å². The summed E-state index contributed by atoms with van der Waals surface area (Å²) in [5, 5.41) is 33.8. The first-order chi connectivity index (χ1) is 46.3. The molecule has 0 saturated carbocycles. The van der Waals surface area contributed by atoms with Crippen LogP contribution in [0.1, 0.15) is 125 Å². The van der Waals surface area contributed by atoms with E-state index in [1.54, 1.807) is 17.4 Å². The molecule has 8 heteroatoms. The molecule has 0 N–H and O–H groups in total. The molecular weight excluding hydrogens is 1670 g/mol. The van der Waals surface area contributed by atoms with E-state index in [1.165, 1.54) is 269 Å². The molecule has 6 aromatic heterocycles. The Bertz CT molecular complexity index is 5490. The minimum atomic E-state index is 0.421. The molecular formula is C86H74Br2Se6. The SMILES string of the molecule is Brc1cc2c(ccc3c2ccc2c4ccc5[se]c(Br)cc5c4ccc32)[se]1.CCCCCCCCCCc1cc2c(ccc3c2ccc2c4ccc5[se]c(CCCCCCCCCC)cc5c4ccc32)[se]1.c1cc2c(ccc3c2ccc2c4ccc5[se]ccc5c4ccc32)[se]1. The van der Waals surface area contributed by atoms with Gasteiger partial charge in [-0.25, -0.2) is 0 Å². The minimum absolute atomic E-state index is 0.421. The predicted molar refractivity (Wildman–Crippen MR) is 432 cm³/mol. The molecule has 0 bridgehead atoms. The molecule has 0 aliphatic carbocycles. The van der Waals surface area contributed by atoms with Crippen LogP contribution in [0.5, 0.6) is 0 Å².